The van der Waals surface area contributed by atoms with Gasteiger partial charge >= 0.3 is 0 Å². The Balaban J connectivity index is 1.78. The average Bonchev–Trinajstić information content (AvgIpc) is 3.32. The highest BCUT2D eigenvalue weighted by Gasteiger charge is 2.34. The molecule has 0 saturated carbocycles. The number of rotatable bonds is 8. The Morgan fingerprint density at radius 3 is 2.60 bits per heavy atom. The smallest absolute Gasteiger partial charge is 0.258 e. The van der Waals surface area contributed by atoms with Gasteiger partial charge in [-0.05, 0) is 74.3 Å². The van der Waals surface area contributed by atoms with Crippen LogP contribution in [0, 0.1) is 19.7 Å². The van der Waals surface area contributed by atoms with Crippen molar-refractivity contribution in [1.82, 2.24) is 20.4 Å². The van der Waals surface area contributed by atoms with E-state index in [4.69, 9.17) is 21.5 Å². The van der Waals surface area contributed by atoms with Gasteiger partial charge in [-0.3, -0.25) is 0 Å². The van der Waals surface area contributed by atoms with E-state index in [1.54, 1.807) is 12.1 Å². The van der Waals surface area contributed by atoms with Gasteiger partial charge in [-0.2, -0.15) is 4.98 Å². The van der Waals surface area contributed by atoms with Gasteiger partial charge in [0.15, 0.2) is 16.7 Å². The van der Waals surface area contributed by atoms with Crippen molar-refractivity contribution in [1.29, 1.82) is 0 Å². The van der Waals surface area contributed by atoms with Gasteiger partial charge in [-0.25, -0.2) is 4.39 Å². The molecule has 6 nitrogen and oxygen atoms in total. The van der Waals surface area contributed by atoms with Gasteiger partial charge in [0, 0.05) is 17.8 Å². The summed E-state index contributed by atoms with van der Waals surface area (Å²) < 4.78 is 25.1. The number of halogens is 1. The fourth-order valence-corrected chi connectivity index (χ4v) is 4.64. The highest BCUT2D eigenvalue weighted by Crippen LogP contribution is 2.38. The lowest BCUT2D eigenvalue weighted by molar-refractivity contribution is 0.386. The van der Waals surface area contributed by atoms with Crippen LogP contribution in [0.2, 0.25) is 0 Å². The van der Waals surface area contributed by atoms with E-state index in [2.05, 4.69) is 59.3 Å². The zero-order chi connectivity index (χ0) is 25.1. The number of methoxy groups -OCH3 is 1. The fraction of sp³-hybridized carbons (Fsp3) is 0.370. The number of hydrogen-bond acceptors (Lipinski definition) is 5. The topological polar surface area (TPSA) is 63.4 Å². The number of ether oxygens (including phenoxy) is 1. The summed E-state index contributed by atoms with van der Waals surface area (Å²) in [6, 6.07) is 10.7. The molecule has 1 aromatic heterocycles. The third-order valence-electron chi connectivity index (χ3n) is 6.51. The lowest BCUT2D eigenvalue weighted by Gasteiger charge is -2.37. The van der Waals surface area contributed by atoms with Gasteiger partial charge in [-0.15, -0.1) is 0 Å². The van der Waals surface area contributed by atoms with Crippen LogP contribution < -0.4 is 10.1 Å². The maximum absolute atomic E-state index is 14.3. The molecule has 2 aromatic carbocycles. The van der Waals surface area contributed by atoms with E-state index >= 15 is 0 Å². The number of aromatic nitrogens is 2. The van der Waals surface area contributed by atoms with Crippen LogP contribution >= 0.6 is 12.2 Å². The maximum Gasteiger partial charge on any atom is 0.258 e. The van der Waals surface area contributed by atoms with Gasteiger partial charge in [0.2, 0.25) is 5.82 Å². The molecule has 0 radical (unpaired) electrons. The molecule has 2 heterocycles. The van der Waals surface area contributed by atoms with Gasteiger partial charge in [-0.1, -0.05) is 43.1 Å². The number of unbranched alkanes of at least 4 members (excludes halogenated alkanes) is 2. The first-order valence-electron chi connectivity index (χ1n) is 11.9. The molecule has 8 heteroatoms. The molecule has 0 saturated heterocycles. The molecule has 3 aromatic rings. The second kappa shape index (κ2) is 10.6. The molecule has 0 amide bonds. The van der Waals surface area contributed by atoms with Crippen molar-refractivity contribution in [3.8, 4) is 17.1 Å². The van der Waals surface area contributed by atoms with Crippen LogP contribution in [0.1, 0.15) is 61.7 Å². The van der Waals surface area contributed by atoms with E-state index in [1.165, 1.54) is 24.3 Å². The minimum Gasteiger partial charge on any atom is -0.494 e. The SMILES string of the molecule is CCCCCN1C(=S)NC(c2ccc(C)c(C)c2)C(c2nc(-c3ccc(OC)c(F)c3)no2)=C1C. The Bertz CT molecular complexity index is 1270. The first-order chi connectivity index (χ1) is 16.8. The number of thiocarbonyl (C=S) groups is 1. The largest absolute Gasteiger partial charge is 0.494 e. The Labute approximate surface area is 211 Å². The summed E-state index contributed by atoms with van der Waals surface area (Å²) in [5.41, 5.74) is 5.83. The van der Waals surface area contributed by atoms with Crippen LogP contribution in [0.5, 0.6) is 5.75 Å². The molecule has 1 aliphatic rings. The number of nitrogens with one attached hydrogen (secondary N) is 1. The van der Waals surface area contributed by atoms with Gasteiger partial charge in [0.25, 0.3) is 5.89 Å². The van der Waals surface area contributed by atoms with E-state index in [-0.39, 0.29) is 11.8 Å². The summed E-state index contributed by atoms with van der Waals surface area (Å²) in [4.78, 5) is 6.78. The van der Waals surface area contributed by atoms with Crippen molar-refractivity contribution in [3.05, 3.63) is 70.5 Å². The van der Waals surface area contributed by atoms with E-state index in [0.717, 1.165) is 42.6 Å². The number of benzene rings is 2. The predicted octanol–water partition coefficient (Wildman–Crippen LogP) is 6.35. The van der Waals surface area contributed by atoms with Crippen molar-refractivity contribution < 1.29 is 13.7 Å². The lowest BCUT2D eigenvalue weighted by atomic mass is 9.92. The van der Waals surface area contributed by atoms with Crippen molar-refractivity contribution in [2.75, 3.05) is 13.7 Å². The summed E-state index contributed by atoms with van der Waals surface area (Å²) >= 11 is 5.77. The third kappa shape index (κ3) is 5.07. The van der Waals surface area contributed by atoms with E-state index in [1.807, 2.05) is 6.92 Å². The Morgan fingerprint density at radius 2 is 1.91 bits per heavy atom. The van der Waals surface area contributed by atoms with E-state index in [9.17, 15) is 4.39 Å². The standard InChI is InChI=1S/C27H31FN4O2S/c1-6-7-8-13-32-18(4)23(24(29-27(32)35)19-10-9-16(2)17(3)14-19)26-30-25(31-34-26)20-11-12-22(33-5)21(28)15-20/h9-12,14-15,24H,6-8,13H2,1-5H3,(H,29,35). The normalized spacial score (nSPS) is 16.0. The molecule has 1 atom stereocenters. The highest BCUT2D eigenvalue weighted by molar-refractivity contribution is 7.80. The summed E-state index contributed by atoms with van der Waals surface area (Å²) in [5, 5.41) is 8.35. The fourth-order valence-electron chi connectivity index (χ4n) is 4.30. The van der Waals surface area contributed by atoms with Gasteiger partial charge in [0.1, 0.15) is 0 Å². The summed E-state index contributed by atoms with van der Waals surface area (Å²) in [5.74, 6) is 0.379. The van der Waals surface area contributed by atoms with Crippen LogP contribution in [-0.2, 0) is 0 Å². The van der Waals surface area contributed by atoms with Crippen LogP contribution in [-0.4, -0.2) is 33.8 Å². The molecule has 1 aliphatic heterocycles. The minimum absolute atomic E-state index is 0.165. The van der Waals surface area contributed by atoms with Crippen LogP contribution in [0.25, 0.3) is 17.0 Å². The molecular weight excluding hydrogens is 463 g/mol. The van der Waals surface area contributed by atoms with E-state index < -0.39 is 5.82 Å². The zero-order valence-electron chi connectivity index (χ0n) is 20.8. The number of aryl methyl sites for hydroxylation is 2. The predicted molar refractivity (Wildman–Crippen MR) is 139 cm³/mol. The first kappa shape index (κ1) is 24.9. The molecule has 35 heavy (non-hydrogen) atoms. The number of nitrogens with zero attached hydrogens (tertiary/aromatic N) is 3. The first-order valence-corrected chi connectivity index (χ1v) is 12.3. The Kier molecular flexibility index (Phi) is 7.50. The Morgan fingerprint density at radius 1 is 1.11 bits per heavy atom. The van der Waals surface area contributed by atoms with Crippen LogP contribution in [0.4, 0.5) is 4.39 Å². The molecule has 184 valence electrons. The third-order valence-corrected chi connectivity index (χ3v) is 6.85. The van der Waals surface area contributed by atoms with Gasteiger partial charge in [0.05, 0.1) is 18.7 Å². The molecule has 4 rings (SSSR count). The summed E-state index contributed by atoms with van der Waals surface area (Å²) in [7, 11) is 1.43. The monoisotopic (exact) mass is 494 g/mol. The Hall–Kier alpha value is -3.26. The second-order valence-electron chi connectivity index (χ2n) is 8.86. The molecule has 0 bridgehead atoms. The van der Waals surface area contributed by atoms with Crippen molar-refractivity contribution >= 4 is 22.9 Å². The summed E-state index contributed by atoms with van der Waals surface area (Å²) in [6.07, 6.45) is 3.27. The van der Waals surface area contributed by atoms with Crippen LogP contribution in [0.3, 0.4) is 0 Å². The molecule has 0 aliphatic carbocycles. The number of hydrogen-bond donors (Lipinski definition) is 1. The highest BCUT2D eigenvalue weighted by atomic mass is 32.1. The number of allylic oxidation sites excluding steroid dienone is 1. The second-order valence-corrected chi connectivity index (χ2v) is 9.24. The lowest BCUT2D eigenvalue weighted by Crippen LogP contribution is -2.46. The maximum atomic E-state index is 14.3. The average molecular weight is 495 g/mol. The molecular formula is C27H31FN4O2S. The zero-order valence-corrected chi connectivity index (χ0v) is 21.6. The quantitative estimate of drug-likeness (QED) is 0.289. The molecule has 1 N–H and O–H groups in total. The van der Waals surface area contributed by atoms with Gasteiger partial charge < -0.3 is 19.5 Å². The molecule has 1 unspecified atom stereocenters. The van der Waals surface area contributed by atoms with Crippen LogP contribution in [0.15, 0.2) is 46.6 Å². The van der Waals surface area contributed by atoms with Crippen molar-refractivity contribution in [2.24, 2.45) is 0 Å². The minimum atomic E-state index is -0.480. The van der Waals surface area contributed by atoms with Crippen molar-refractivity contribution in [2.45, 2.75) is 53.0 Å². The summed E-state index contributed by atoms with van der Waals surface area (Å²) in [6.45, 7) is 9.21. The van der Waals surface area contributed by atoms with E-state index in [0.29, 0.717) is 22.4 Å². The molecule has 0 fully saturated rings. The van der Waals surface area contributed by atoms with Crippen molar-refractivity contribution in [3.63, 3.8) is 0 Å². The molecule has 0 spiro atoms.